The summed E-state index contributed by atoms with van der Waals surface area (Å²) in [7, 11) is -0.164. The van der Waals surface area contributed by atoms with Gasteiger partial charge in [-0.05, 0) is 58.4 Å². The van der Waals surface area contributed by atoms with Crippen LogP contribution in [0.1, 0.15) is 19.4 Å². The highest BCUT2D eigenvalue weighted by Crippen LogP contribution is 2.31. The summed E-state index contributed by atoms with van der Waals surface area (Å²) in [5.41, 5.74) is 4.36. The van der Waals surface area contributed by atoms with Gasteiger partial charge < -0.3 is 0 Å². The van der Waals surface area contributed by atoms with Crippen molar-refractivity contribution in [3.8, 4) is 5.69 Å². The Morgan fingerprint density at radius 3 is 2.55 bits per heavy atom. The van der Waals surface area contributed by atoms with Gasteiger partial charge in [0.15, 0.2) is 0 Å². The number of rotatable bonds is 5. The van der Waals surface area contributed by atoms with Crippen LogP contribution >= 0.6 is 8.07 Å². The second kappa shape index (κ2) is 6.55. The lowest BCUT2D eigenvalue weighted by Crippen LogP contribution is -2.16. The average molecular weight is 312 g/mol. The van der Waals surface area contributed by atoms with Crippen molar-refractivity contribution < 1.29 is 0 Å². The van der Waals surface area contributed by atoms with Gasteiger partial charge in [-0.25, -0.2) is 4.68 Å². The van der Waals surface area contributed by atoms with Crippen molar-refractivity contribution in [3.63, 3.8) is 0 Å². The molecule has 0 amide bonds. The van der Waals surface area contributed by atoms with E-state index in [9.17, 15) is 0 Å². The highest BCUT2D eigenvalue weighted by Gasteiger charge is 2.07. The molecular weight excluding hydrogens is 291 g/mol. The summed E-state index contributed by atoms with van der Waals surface area (Å²) in [5.74, 6) is 0. The average Bonchev–Trinajstić information content (AvgIpc) is 2.91. The second-order valence-electron chi connectivity index (χ2n) is 5.80. The van der Waals surface area contributed by atoms with Crippen LogP contribution < -0.4 is 5.09 Å². The van der Waals surface area contributed by atoms with Gasteiger partial charge in [-0.15, -0.1) is 5.10 Å². The van der Waals surface area contributed by atoms with Crippen molar-refractivity contribution in [2.45, 2.75) is 26.1 Å². The molecule has 1 heterocycles. The Bertz CT molecular complexity index is 749. The Hall–Kier alpha value is -1.77. The van der Waals surface area contributed by atoms with Gasteiger partial charge in [0.1, 0.15) is 5.52 Å². The SMILES string of the molecule is CC(C)NP(C)Cc1ccc(-n2nnc3ccccc32)cc1. The number of hydrogen-bond donors (Lipinski definition) is 1. The van der Waals surface area contributed by atoms with E-state index in [1.807, 2.05) is 28.9 Å². The molecule has 1 N–H and O–H groups in total. The molecular formula is C17H21N4P. The molecule has 2 aromatic carbocycles. The predicted molar refractivity (Wildman–Crippen MR) is 93.7 cm³/mol. The van der Waals surface area contributed by atoms with E-state index in [4.69, 9.17) is 0 Å². The summed E-state index contributed by atoms with van der Waals surface area (Å²) in [4.78, 5) is 0. The third kappa shape index (κ3) is 3.34. The van der Waals surface area contributed by atoms with Crippen molar-refractivity contribution in [1.29, 1.82) is 0 Å². The predicted octanol–water partition coefficient (Wildman–Crippen LogP) is 3.95. The molecule has 0 spiro atoms. The number of nitrogens with zero attached hydrogens (tertiary/aromatic N) is 3. The fraction of sp³-hybridized carbons (Fsp3) is 0.294. The fourth-order valence-electron chi connectivity index (χ4n) is 2.56. The van der Waals surface area contributed by atoms with Crippen molar-refractivity contribution in [2.75, 3.05) is 6.66 Å². The minimum Gasteiger partial charge on any atom is -0.293 e. The van der Waals surface area contributed by atoms with Gasteiger partial charge in [-0.3, -0.25) is 5.09 Å². The van der Waals surface area contributed by atoms with Crippen molar-refractivity contribution >= 4 is 19.1 Å². The number of fused-ring (bicyclic) bond motifs is 1. The number of benzene rings is 2. The summed E-state index contributed by atoms with van der Waals surface area (Å²) in [5, 5.41) is 12.1. The topological polar surface area (TPSA) is 42.7 Å². The first-order valence-electron chi connectivity index (χ1n) is 7.50. The van der Waals surface area contributed by atoms with E-state index in [0.717, 1.165) is 22.9 Å². The van der Waals surface area contributed by atoms with E-state index in [1.54, 1.807) is 0 Å². The molecule has 0 saturated carbocycles. The van der Waals surface area contributed by atoms with E-state index >= 15 is 0 Å². The lowest BCUT2D eigenvalue weighted by Gasteiger charge is -2.17. The quantitative estimate of drug-likeness (QED) is 0.726. The molecule has 0 bridgehead atoms. The monoisotopic (exact) mass is 312 g/mol. The maximum Gasteiger partial charge on any atom is 0.113 e. The molecule has 1 unspecified atom stereocenters. The zero-order valence-corrected chi connectivity index (χ0v) is 14.1. The number of para-hydroxylation sites is 1. The number of nitrogens with one attached hydrogen (secondary N) is 1. The molecule has 1 atom stereocenters. The summed E-state index contributed by atoms with van der Waals surface area (Å²) in [6, 6.07) is 17.2. The van der Waals surface area contributed by atoms with E-state index in [0.29, 0.717) is 6.04 Å². The Labute approximate surface area is 132 Å². The van der Waals surface area contributed by atoms with E-state index in [1.165, 1.54) is 5.56 Å². The summed E-state index contributed by atoms with van der Waals surface area (Å²) < 4.78 is 1.89. The van der Waals surface area contributed by atoms with Crippen LogP contribution in [0.2, 0.25) is 0 Å². The number of aromatic nitrogens is 3. The Balaban J connectivity index is 1.79. The third-order valence-electron chi connectivity index (χ3n) is 3.43. The molecule has 0 aliphatic heterocycles. The van der Waals surface area contributed by atoms with Crippen LogP contribution in [-0.2, 0) is 6.16 Å². The van der Waals surface area contributed by atoms with Crippen LogP contribution in [-0.4, -0.2) is 27.7 Å². The number of hydrogen-bond acceptors (Lipinski definition) is 3. The maximum atomic E-state index is 4.25. The fourth-order valence-corrected chi connectivity index (χ4v) is 4.29. The zero-order chi connectivity index (χ0) is 15.5. The molecule has 3 aromatic rings. The minimum absolute atomic E-state index is 0.164. The molecule has 0 fully saturated rings. The molecule has 0 radical (unpaired) electrons. The zero-order valence-electron chi connectivity index (χ0n) is 13.2. The molecule has 114 valence electrons. The van der Waals surface area contributed by atoms with Crippen LogP contribution in [0.4, 0.5) is 0 Å². The van der Waals surface area contributed by atoms with E-state index in [2.05, 4.69) is 60.2 Å². The van der Waals surface area contributed by atoms with Gasteiger partial charge in [0.05, 0.1) is 11.2 Å². The van der Waals surface area contributed by atoms with Gasteiger partial charge in [0, 0.05) is 12.2 Å². The molecule has 3 rings (SSSR count). The second-order valence-corrected chi connectivity index (χ2v) is 7.77. The maximum absolute atomic E-state index is 4.25. The van der Waals surface area contributed by atoms with Crippen LogP contribution in [0.25, 0.3) is 16.7 Å². The highest BCUT2D eigenvalue weighted by atomic mass is 31.1. The first-order chi connectivity index (χ1) is 10.6. The molecule has 0 saturated heterocycles. The molecule has 0 aliphatic carbocycles. The van der Waals surface area contributed by atoms with Crippen LogP contribution in [0.5, 0.6) is 0 Å². The van der Waals surface area contributed by atoms with Crippen molar-refractivity contribution in [3.05, 3.63) is 54.1 Å². The Morgan fingerprint density at radius 2 is 1.82 bits per heavy atom. The first-order valence-corrected chi connectivity index (χ1v) is 9.48. The van der Waals surface area contributed by atoms with Crippen LogP contribution in [0, 0.1) is 0 Å². The Morgan fingerprint density at radius 1 is 1.09 bits per heavy atom. The lowest BCUT2D eigenvalue weighted by molar-refractivity contribution is 0.759. The van der Waals surface area contributed by atoms with Gasteiger partial charge >= 0.3 is 0 Å². The van der Waals surface area contributed by atoms with E-state index < -0.39 is 0 Å². The standard InChI is InChI=1S/C17H21N4P/c1-13(2)19-22(3)12-14-8-10-15(11-9-14)21-17-7-5-4-6-16(17)18-20-21/h4-11,13,19H,12H2,1-3H3. The van der Waals surface area contributed by atoms with Crippen LogP contribution in [0.3, 0.4) is 0 Å². The van der Waals surface area contributed by atoms with Crippen LogP contribution in [0.15, 0.2) is 48.5 Å². The van der Waals surface area contributed by atoms with E-state index in [-0.39, 0.29) is 8.07 Å². The Kier molecular flexibility index (Phi) is 4.51. The van der Waals surface area contributed by atoms with Crippen molar-refractivity contribution in [2.24, 2.45) is 0 Å². The van der Waals surface area contributed by atoms with Crippen molar-refractivity contribution in [1.82, 2.24) is 20.1 Å². The molecule has 22 heavy (non-hydrogen) atoms. The summed E-state index contributed by atoms with van der Waals surface area (Å²) >= 11 is 0. The smallest absolute Gasteiger partial charge is 0.113 e. The van der Waals surface area contributed by atoms with Gasteiger partial charge in [0.25, 0.3) is 0 Å². The summed E-state index contributed by atoms with van der Waals surface area (Å²) in [6.45, 7) is 6.67. The summed E-state index contributed by atoms with van der Waals surface area (Å²) in [6.07, 6.45) is 1.09. The van der Waals surface area contributed by atoms with Gasteiger partial charge in [0.2, 0.25) is 0 Å². The molecule has 4 nitrogen and oxygen atoms in total. The first kappa shape index (κ1) is 15.1. The highest BCUT2D eigenvalue weighted by molar-refractivity contribution is 7.53. The lowest BCUT2D eigenvalue weighted by atomic mass is 10.2. The molecule has 1 aromatic heterocycles. The molecule has 0 aliphatic rings. The largest absolute Gasteiger partial charge is 0.293 e. The van der Waals surface area contributed by atoms with Gasteiger partial charge in [-0.1, -0.05) is 29.5 Å². The normalized spacial score (nSPS) is 12.9. The molecule has 5 heteroatoms. The third-order valence-corrected chi connectivity index (χ3v) is 5.23. The minimum atomic E-state index is -0.164. The van der Waals surface area contributed by atoms with Gasteiger partial charge in [-0.2, -0.15) is 0 Å².